The molecule has 1 atom stereocenters. The van der Waals surface area contributed by atoms with E-state index >= 15 is 0 Å². The summed E-state index contributed by atoms with van der Waals surface area (Å²) in [6, 6.07) is 9.93. The number of fused-ring (bicyclic) bond motifs is 3. The molecule has 172 valence electrons. The Kier molecular flexibility index (Phi) is 5.89. The Hall–Kier alpha value is -3.19. The van der Waals surface area contributed by atoms with Crippen LogP contribution in [0, 0.1) is 0 Å². The van der Waals surface area contributed by atoms with Crippen molar-refractivity contribution < 1.29 is 23.5 Å². The van der Waals surface area contributed by atoms with Gasteiger partial charge in [-0.15, -0.1) is 0 Å². The molecule has 2 aromatic carbocycles. The largest absolute Gasteiger partial charge is 0.492 e. The smallest absolute Gasteiger partial charge is 0.219 e. The highest BCUT2D eigenvalue weighted by Crippen LogP contribution is 2.38. The number of rotatable bonds is 5. The standard InChI is InChI=1S/C26H28N2O5/c1-17(29)28-10-8-27(9-11-28)12-13-32-20-4-6-21-18(14-20)2-7-25-26(21)23(16-33-25)22-5-3-19(30)15-24(22)31/h2,4,6-7,14,16,22H,3,5,8-13,15H2,1H3/t22-/m0/s1. The Balaban J connectivity index is 1.30. The first-order valence-corrected chi connectivity index (χ1v) is 11.6. The number of carbonyl (C=O) groups excluding carboxylic acids is 3. The summed E-state index contributed by atoms with van der Waals surface area (Å²) in [4.78, 5) is 39.8. The molecule has 1 aromatic heterocycles. The number of ketones is 2. The van der Waals surface area contributed by atoms with Gasteiger partial charge in [0, 0.05) is 62.9 Å². The summed E-state index contributed by atoms with van der Waals surface area (Å²) in [5.74, 6) is 0.660. The van der Waals surface area contributed by atoms with Gasteiger partial charge in [-0.1, -0.05) is 6.07 Å². The van der Waals surface area contributed by atoms with Gasteiger partial charge in [-0.2, -0.15) is 0 Å². The third-order valence-corrected chi connectivity index (χ3v) is 6.90. The quantitative estimate of drug-likeness (QED) is 0.556. The summed E-state index contributed by atoms with van der Waals surface area (Å²) in [5, 5.41) is 3.00. The summed E-state index contributed by atoms with van der Waals surface area (Å²) in [6.45, 7) is 6.29. The van der Waals surface area contributed by atoms with E-state index in [9.17, 15) is 14.4 Å². The van der Waals surface area contributed by atoms with Crippen LogP contribution in [0.5, 0.6) is 5.75 Å². The molecule has 0 unspecified atom stereocenters. The van der Waals surface area contributed by atoms with E-state index in [2.05, 4.69) is 4.90 Å². The first kappa shape index (κ1) is 21.6. The summed E-state index contributed by atoms with van der Waals surface area (Å²) in [7, 11) is 0. The van der Waals surface area contributed by atoms with Gasteiger partial charge < -0.3 is 14.1 Å². The Labute approximate surface area is 192 Å². The molecule has 1 aliphatic carbocycles. The Morgan fingerprint density at radius 1 is 1.12 bits per heavy atom. The third kappa shape index (κ3) is 4.37. The molecule has 2 aliphatic rings. The molecule has 3 aromatic rings. The minimum atomic E-state index is -0.283. The number of benzene rings is 2. The topological polar surface area (TPSA) is 80.1 Å². The third-order valence-electron chi connectivity index (χ3n) is 6.90. The average molecular weight is 449 g/mol. The van der Waals surface area contributed by atoms with Crippen molar-refractivity contribution in [1.82, 2.24) is 9.80 Å². The van der Waals surface area contributed by atoms with E-state index in [0.717, 1.165) is 65.8 Å². The van der Waals surface area contributed by atoms with Crippen molar-refractivity contribution in [2.75, 3.05) is 39.3 Å². The fraction of sp³-hybridized carbons (Fsp3) is 0.423. The highest BCUT2D eigenvalue weighted by Gasteiger charge is 2.31. The number of amides is 1. The van der Waals surface area contributed by atoms with Crippen molar-refractivity contribution in [3.63, 3.8) is 0 Å². The average Bonchev–Trinajstić information content (AvgIpc) is 3.23. The zero-order chi connectivity index (χ0) is 22.9. The Morgan fingerprint density at radius 2 is 1.94 bits per heavy atom. The van der Waals surface area contributed by atoms with E-state index in [0.29, 0.717) is 19.4 Å². The van der Waals surface area contributed by atoms with E-state index in [1.165, 1.54) is 0 Å². The number of hydrogen-bond acceptors (Lipinski definition) is 6. The lowest BCUT2D eigenvalue weighted by Gasteiger charge is -2.34. The molecule has 2 fully saturated rings. The molecule has 1 aliphatic heterocycles. The van der Waals surface area contributed by atoms with Crippen molar-refractivity contribution in [2.24, 2.45) is 0 Å². The summed E-state index contributed by atoms with van der Waals surface area (Å²) < 4.78 is 11.8. The number of carbonyl (C=O) groups is 3. The maximum Gasteiger partial charge on any atom is 0.219 e. The minimum Gasteiger partial charge on any atom is -0.492 e. The SMILES string of the molecule is CC(=O)N1CCN(CCOc2ccc3c(ccc4occ([C@@H]5CCC(=O)CC5=O)c43)c2)CC1. The normalized spacial score (nSPS) is 20.0. The van der Waals surface area contributed by atoms with Gasteiger partial charge in [-0.05, 0) is 41.5 Å². The molecule has 7 heteroatoms. The van der Waals surface area contributed by atoms with Gasteiger partial charge in [0.25, 0.3) is 0 Å². The number of hydrogen-bond donors (Lipinski definition) is 0. The molecule has 1 saturated carbocycles. The zero-order valence-corrected chi connectivity index (χ0v) is 18.8. The zero-order valence-electron chi connectivity index (χ0n) is 18.8. The highest BCUT2D eigenvalue weighted by molar-refractivity contribution is 6.11. The summed E-state index contributed by atoms with van der Waals surface area (Å²) in [5.41, 5.74) is 1.63. The van der Waals surface area contributed by atoms with Gasteiger partial charge >= 0.3 is 0 Å². The van der Waals surface area contributed by atoms with E-state index in [4.69, 9.17) is 9.15 Å². The summed E-state index contributed by atoms with van der Waals surface area (Å²) >= 11 is 0. The van der Waals surface area contributed by atoms with Crippen molar-refractivity contribution in [2.45, 2.75) is 32.1 Å². The van der Waals surface area contributed by atoms with Gasteiger partial charge in [0.1, 0.15) is 29.5 Å². The summed E-state index contributed by atoms with van der Waals surface area (Å²) in [6.07, 6.45) is 2.68. The van der Waals surface area contributed by atoms with E-state index in [1.807, 2.05) is 35.2 Å². The van der Waals surface area contributed by atoms with E-state index < -0.39 is 0 Å². The second-order valence-electron chi connectivity index (χ2n) is 8.98. The number of ether oxygens (including phenoxy) is 1. The lowest BCUT2D eigenvalue weighted by Crippen LogP contribution is -2.48. The maximum atomic E-state index is 12.5. The maximum absolute atomic E-state index is 12.5. The molecule has 0 N–H and O–H groups in total. The molecule has 33 heavy (non-hydrogen) atoms. The lowest BCUT2D eigenvalue weighted by atomic mass is 9.81. The van der Waals surface area contributed by atoms with Crippen LogP contribution in [-0.4, -0.2) is 66.6 Å². The number of Topliss-reactive ketones (excluding diaryl/α,β-unsaturated/α-hetero) is 2. The van der Waals surface area contributed by atoms with Crippen LogP contribution in [0.25, 0.3) is 21.7 Å². The van der Waals surface area contributed by atoms with Crippen molar-refractivity contribution >= 4 is 39.2 Å². The second-order valence-corrected chi connectivity index (χ2v) is 8.98. The predicted octanol–water partition coefficient (Wildman–Crippen LogP) is 3.53. The number of furan rings is 1. The molecule has 5 rings (SSSR count). The van der Waals surface area contributed by atoms with Crippen LogP contribution in [0.3, 0.4) is 0 Å². The molecule has 1 saturated heterocycles. The first-order valence-electron chi connectivity index (χ1n) is 11.6. The molecule has 7 nitrogen and oxygen atoms in total. The molecule has 0 radical (unpaired) electrons. The number of piperazine rings is 1. The van der Waals surface area contributed by atoms with Gasteiger partial charge in [-0.3, -0.25) is 19.3 Å². The fourth-order valence-corrected chi connectivity index (χ4v) is 5.00. The van der Waals surface area contributed by atoms with Crippen LogP contribution < -0.4 is 4.74 Å². The monoisotopic (exact) mass is 448 g/mol. The molecule has 0 bridgehead atoms. The molecule has 2 heterocycles. The highest BCUT2D eigenvalue weighted by atomic mass is 16.5. The Bertz CT molecular complexity index is 1220. The van der Waals surface area contributed by atoms with E-state index in [1.54, 1.807) is 13.2 Å². The fourth-order valence-electron chi connectivity index (χ4n) is 5.00. The molecular weight excluding hydrogens is 420 g/mol. The minimum absolute atomic E-state index is 0.0178. The van der Waals surface area contributed by atoms with Crippen LogP contribution in [-0.2, 0) is 14.4 Å². The van der Waals surface area contributed by atoms with E-state index in [-0.39, 0.29) is 29.8 Å². The van der Waals surface area contributed by atoms with Crippen LogP contribution in [0.4, 0.5) is 0 Å². The van der Waals surface area contributed by atoms with Crippen LogP contribution in [0.15, 0.2) is 41.0 Å². The van der Waals surface area contributed by atoms with Gasteiger partial charge in [-0.25, -0.2) is 0 Å². The van der Waals surface area contributed by atoms with Gasteiger partial charge in [0.05, 0.1) is 12.7 Å². The molecule has 0 spiro atoms. The predicted molar refractivity (Wildman–Crippen MR) is 125 cm³/mol. The second kappa shape index (κ2) is 8.98. The Morgan fingerprint density at radius 3 is 2.70 bits per heavy atom. The van der Waals surface area contributed by atoms with Gasteiger partial charge in [0.15, 0.2) is 0 Å². The lowest BCUT2D eigenvalue weighted by molar-refractivity contribution is -0.131. The first-order chi connectivity index (χ1) is 16.0. The van der Waals surface area contributed by atoms with Crippen molar-refractivity contribution in [1.29, 1.82) is 0 Å². The molecule has 1 amide bonds. The van der Waals surface area contributed by atoms with Crippen molar-refractivity contribution in [3.8, 4) is 5.75 Å². The van der Waals surface area contributed by atoms with Gasteiger partial charge in [0.2, 0.25) is 5.91 Å². The number of nitrogens with zero attached hydrogens (tertiary/aromatic N) is 2. The van der Waals surface area contributed by atoms with Crippen LogP contribution in [0.1, 0.15) is 37.7 Å². The molecular formula is C26H28N2O5. The van der Waals surface area contributed by atoms with Crippen LogP contribution >= 0.6 is 0 Å². The van der Waals surface area contributed by atoms with Crippen LogP contribution in [0.2, 0.25) is 0 Å². The van der Waals surface area contributed by atoms with Crippen molar-refractivity contribution in [3.05, 3.63) is 42.2 Å².